The lowest BCUT2D eigenvalue weighted by Crippen LogP contribution is -2.63. The first-order chi connectivity index (χ1) is 18.3. The molecule has 5 amide bonds. The number of imide groups is 1. The van der Waals surface area contributed by atoms with Crippen LogP contribution in [-0.2, 0) is 14.4 Å². The number of carbonyl (C=O) groups excluding carboxylic acids is 4. The lowest BCUT2D eigenvalue weighted by atomic mass is 9.81. The van der Waals surface area contributed by atoms with Crippen LogP contribution in [0.2, 0.25) is 0 Å². The molecular weight excluding hydrogens is 480 g/mol. The van der Waals surface area contributed by atoms with Crippen molar-refractivity contribution in [1.82, 2.24) is 9.80 Å². The Balaban J connectivity index is 1.34. The fourth-order valence-corrected chi connectivity index (χ4v) is 5.36. The summed E-state index contributed by atoms with van der Waals surface area (Å²) in [7, 11) is 0. The molecule has 38 heavy (non-hydrogen) atoms. The molecule has 2 fully saturated rings. The Kier molecular flexibility index (Phi) is 9.15. The van der Waals surface area contributed by atoms with E-state index in [1.807, 2.05) is 54.6 Å². The molecule has 1 aliphatic heterocycles. The van der Waals surface area contributed by atoms with E-state index < -0.39 is 6.03 Å². The predicted octanol–water partition coefficient (Wildman–Crippen LogP) is 5.38. The standard InChI is InChI=1S/C30H38N4O4/c1-21(2)22-15-17-24(18-16-22)32-28(36)20-34-26-13-7-6-12-25(26)29(37)33(30(34)38)19-9-8-14-27(35)31-23-10-4-3-5-11-23/h3-5,10-11,15-18,21,25-26H,6-9,12-14,19-20H2,1-2H3,(H,31,35)(H,32,36). The molecule has 0 spiro atoms. The second-order valence-corrected chi connectivity index (χ2v) is 10.6. The van der Waals surface area contributed by atoms with E-state index in [4.69, 9.17) is 0 Å². The third-order valence-electron chi connectivity index (χ3n) is 7.46. The molecule has 8 nitrogen and oxygen atoms in total. The van der Waals surface area contributed by atoms with Gasteiger partial charge in [0, 0.05) is 30.4 Å². The Morgan fingerprint density at radius 3 is 2.24 bits per heavy atom. The molecule has 0 radical (unpaired) electrons. The summed E-state index contributed by atoms with van der Waals surface area (Å²) in [4.78, 5) is 54.8. The van der Waals surface area contributed by atoms with Gasteiger partial charge in [0.05, 0.1) is 5.92 Å². The molecule has 1 saturated heterocycles. The summed E-state index contributed by atoms with van der Waals surface area (Å²) in [5, 5.41) is 5.75. The minimum Gasteiger partial charge on any atom is -0.326 e. The monoisotopic (exact) mass is 518 g/mol. The molecule has 4 rings (SSSR count). The number of rotatable bonds is 10. The van der Waals surface area contributed by atoms with Crippen LogP contribution in [0.4, 0.5) is 16.2 Å². The lowest BCUT2D eigenvalue weighted by Gasteiger charge is -2.46. The predicted molar refractivity (Wildman–Crippen MR) is 148 cm³/mol. The highest BCUT2D eigenvalue weighted by atomic mass is 16.2. The normalized spacial score (nSPS) is 19.3. The Bertz CT molecular complexity index is 1130. The number of nitrogens with zero attached hydrogens (tertiary/aromatic N) is 2. The van der Waals surface area contributed by atoms with Crippen molar-refractivity contribution in [1.29, 1.82) is 0 Å². The smallest absolute Gasteiger partial charge is 0.326 e. The lowest BCUT2D eigenvalue weighted by molar-refractivity contribution is -0.141. The first-order valence-electron chi connectivity index (χ1n) is 13.7. The summed E-state index contributed by atoms with van der Waals surface area (Å²) in [6, 6.07) is 16.3. The van der Waals surface area contributed by atoms with Crippen LogP contribution in [0.15, 0.2) is 54.6 Å². The summed E-state index contributed by atoms with van der Waals surface area (Å²) in [6.07, 6.45) is 4.71. The second-order valence-electron chi connectivity index (χ2n) is 10.6. The van der Waals surface area contributed by atoms with Gasteiger partial charge < -0.3 is 15.5 Å². The van der Waals surface area contributed by atoms with E-state index in [1.165, 1.54) is 10.5 Å². The molecule has 8 heteroatoms. The molecule has 2 atom stereocenters. The molecule has 0 bridgehead atoms. The SMILES string of the molecule is CC(C)c1ccc(NC(=O)CN2C(=O)N(CCCCC(=O)Nc3ccccc3)C(=O)C3CCCCC32)cc1. The third-order valence-corrected chi connectivity index (χ3v) is 7.46. The first-order valence-corrected chi connectivity index (χ1v) is 13.7. The van der Waals surface area contributed by atoms with E-state index in [9.17, 15) is 19.2 Å². The summed E-state index contributed by atoms with van der Waals surface area (Å²) in [5.41, 5.74) is 2.61. The summed E-state index contributed by atoms with van der Waals surface area (Å²) >= 11 is 0. The molecule has 2 aromatic carbocycles. The number of benzene rings is 2. The zero-order chi connectivity index (χ0) is 27.1. The minimum atomic E-state index is -0.405. The highest BCUT2D eigenvalue weighted by Crippen LogP contribution is 2.34. The van der Waals surface area contributed by atoms with Gasteiger partial charge in [-0.3, -0.25) is 19.3 Å². The number of anilines is 2. The van der Waals surface area contributed by atoms with Gasteiger partial charge in [0.2, 0.25) is 17.7 Å². The summed E-state index contributed by atoms with van der Waals surface area (Å²) in [6.45, 7) is 4.38. The van der Waals surface area contributed by atoms with E-state index in [1.54, 1.807) is 4.90 Å². The molecule has 2 aliphatic rings. The molecule has 202 valence electrons. The van der Waals surface area contributed by atoms with Crippen LogP contribution in [0.25, 0.3) is 0 Å². The number of para-hydroxylation sites is 1. The topological polar surface area (TPSA) is 98.8 Å². The van der Waals surface area contributed by atoms with E-state index in [-0.39, 0.29) is 42.8 Å². The van der Waals surface area contributed by atoms with Gasteiger partial charge in [0.15, 0.2) is 0 Å². The fourth-order valence-electron chi connectivity index (χ4n) is 5.36. The quantitative estimate of drug-likeness (QED) is 0.413. The van der Waals surface area contributed by atoms with E-state index >= 15 is 0 Å². The van der Waals surface area contributed by atoms with Crippen LogP contribution < -0.4 is 10.6 Å². The Labute approximate surface area is 224 Å². The summed E-state index contributed by atoms with van der Waals surface area (Å²) in [5.74, 6) is -0.391. The fraction of sp³-hybridized carbons (Fsp3) is 0.467. The Morgan fingerprint density at radius 2 is 1.53 bits per heavy atom. The minimum absolute atomic E-state index is 0.0881. The third kappa shape index (κ3) is 6.79. The van der Waals surface area contributed by atoms with Gasteiger partial charge in [-0.05, 0) is 61.4 Å². The molecule has 1 aliphatic carbocycles. The maximum atomic E-state index is 13.4. The number of urea groups is 1. The van der Waals surface area contributed by atoms with Crippen LogP contribution in [0.3, 0.4) is 0 Å². The zero-order valence-electron chi connectivity index (χ0n) is 22.3. The molecule has 0 aromatic heterocycles. The number of hydrogen-bond acceptors (Lipinski definition) is 4. The molecule has 2 N–H and O–H groups in total. The van der Waals surface area contributed by atoms with Crippen molar-refractivity contribution in [3.05, 3.63) is 60.2 Å². The van der Waals surface area contributed by atoms with Gasteiger partial charge in [-0.25, -0.2) is 4.79 Å². The number of amides is 5. The average Bonchev–Trinajstić information content (AvgIpc) is 2.91. The van der Waals surface area contributed by atoms with Crippen molar-refractivity contribution in [2.45, 2.75) is 70.8 Å². The zero-order valence-corrected chi connectivity index (χ0v) is 22.3. The first kappa shape index (κ1) is 27.4. The molecule has 2 aromatic rings. The van der Waals surface area contributed by atoms with Crippen molar-refractivity contribution in [2.24, 2.45) is 5.92 Å². The Hall–Kier alpha value is -3.68. The van der Waals surface area contributed by atoms with Gasteiger partial charge >= 0.3 is 6.03 Å². The van der Waals surface area contributed by atoms with Gasteiger partial charge in [0.1, 0.15) is 6.54 Å². The van der Waals surface area contributed by atoms with Crippen LogP contribution in [-0.4, -0.2) is 52.7 Å². The number of fused-ring (bicyclic) bond motifs is 1. The summed E-state index contributed by atoms with van der Waals surface area (Å²) < 4.78 is 0. The number of hydrogen-bond donors (Lipinski definition) is 2. The second kappa shape index (κ2) is 12.7. The molecule has 2 unspecified atom stereocenters. The van der Waals surface area contributed by atoms with E-state index in [0.717, 1.165) is 31.4 Å². The van der Waals surface area contributed by atoms with Crippen molar-refractivity contribution in [3.63, 3.8) is 0 Å². The van der Waals surface area contributed by atoms with Crippen LogP contribution >= 0.6 is 0 Å². The Morgan fingerprint density at radius 1 is 0.868 bits per heavy atom. The van der Waals surface area contributed by atoms with Crippen molar-refractivity contribution in [2.75, 3.05) is 23.7 Å². The van der Waals surface area contributed by atoms with Gasteiger partial charge in [-0.15, -0.1) is 0 Å². The van der Waals surface area contributed by atoms with Crippen molar-refractivity contribution >= 4 is 35.1 Å². The molecule has 1 saturated carbocycles. The van der Waals surface area contributed by atoms with E-state index in [0.29, 0.717) is 30.9 Å². The van der Waals surface area contributed by atoms with Crippen LogP contribution in [0.1, 0.15) is 70.3 Å². The van der Waals surface area contributed by atoms with E-state index in [2.05, 4.69) is 24.5 Å². The van der Waals surface area contributed by atoms with Gasteiger partial charge in [0.25, 0.3) is 0 Å². The maximum Gasteiger partial charge on any atom is 0.327 e. The molecular formula is C30H38N4O4. The number of unbranched alkanes of at least 4 members (excludes halogenated alkanes) is 1. The van der Waals surface area contributed by atoms with Gasteiger partial charge in [-0.1, -0.05) is 57.0 Å². The maximum absolute atomic E-state index is 13.4. The van der Waals surface area contributed by atoms with Crippen molar-refractivity contribution < 1.29 is 19.2 Å². The highest BCUT2D eigenvalue weighted by Gasteiger charge is 2.47. The molecule has 1 heterocycles. The van der Waals surface area contributed by atoms with Crippen molar-refractivity contribution in [3.8, 4) is 0 Å². The van der Waals surface area contributed by atoms with Crippen LogP contribution in [0, 0.1) is 5.92 Å². The number of carbonyl (C=O) groups is 4. The average molecular weight is 519 g/mol. The van der Waals surface area contributed by atoms with Gasteiger partial charge in [-0.2, -0.15) is 0 Å². The van der Waals surface area contributed by atoms with Crippen LogP contribution in [0.5, 0.6) is 0 Å². The highest BCUT2D eigenvalue weighted by molar-refractivity contribution is 6.01. The largest absolute Gasteiger partial charge is 0.327 e. The number of nitrogens with one attached hydrogen (secondary N) is 2.